The quantitative estimate of drug-likeness (QED) is 0.115. The van der Waals surface area contributed by atoms with Crippen LogP contribution in [0.4, 0.5) is 0 Å². The molecule has 0 radical (unpaired) electrons. The fraction of sp³-hybridized carbons (Fsp3) is 0.364. The third-order valence-electron chi connectivity index (χ3n) is 12.1. The van der Waals surface area contributed by atoms with Crippen molar-refractivity contribution < 1.29 is 16.5 Å². The van der Waals surface area contributed by atoms with Crippen molar-refractivity contribution in [3.8, 4) is 0 Å². The Morgan fingerprint density at radius 1 is 0.179 bits per heavy atom. The van der Waals surface area contributed by atoms with Crippen molar-refractivity contribution >= 4 is 36.5 Å². The van der Waals surface area contributed by atoms with E-state index in [9.17, 15) is 0 Å². The smallest absolute Gasteiger partial charge is 0 e. The second kappa shape index (κ2) is 23.4. The zero-order chi connectivity index (χ0) is 49.1. The summed E-state index contributed by atoms with van der Waals surface area (Å²) in [4.78, 5) is 0. The van der Waals surface area contributed by atoms with E-state index in [1.807, 2.05) is 0 Å². The summed E-state index contributed by atoms with van der Waals surface area (Å²) in [6.45, 7) is 40.4. The second-order valence-electron chi connectivity index (χ2n) is 24.2. The molecule has 6 aromatic carbocycles. The molecule has 0 saturated carbocycles. The van der Waals surface area contributed by atoms with Crippen molar-refractivity contribution in [2.45, 2.75) is 157 Å². The van der Waals surface area contributed by atoms with Gasteiger partial charge in [-0.3, -0.25) is 0 Å². The van der Waals surface area contributed by atoms with Gasteiger partial charge in [0.25, 0.3) is 0 Å². The zero-order valence-electron chi connectivity index (χ0n) is 44.6. The van der Waals surface area contributed by atoms with Gasteiger partial charge in [0.05, 0.1) is 0 Å². The summed E-state index contributed by atoms with van der Waals surface area (Å²) in [5.41, 5.74) is 17.0. The van der Waals surface area contributed by atoms with Crippen LogP contribution in [0, 0.1) is 0 Å². The van der Waals surface area contributed by atoms with E-state index in [0.717, 1.165) is 0 Å². The molecule has 0 spiro atoms. The first kappa shape index (κ1) is 56.4. The van der Waals surface area contributed by atoms with Gasteiger partial charge >= 0.3 is 0 Å². The Morgan fingerprint density at radius 3 is 0.343 bits per heavy atom. The van der Waals surface area contributed by atoms with Crippen LogP contribution in [-0.4, -0.2) is 0 Å². The normalized spacial score (nSPS) is 12.6. The molecule has 0 aliphatic carbocycles. The first-order valence-corrected chi connectivity index (χ1v) is 24.2. The van der Waals surface area contributed by atoms with Crippen LogP contribution in [0.15, 0.2) is 146 Å². The van der Waals surface area contributed by atoms with Crippen molar-refractivity contribution in [1.29, 1.82) is 0 Å². The van der Waals surface area contributed by atoms with E-state index in [0.29, 0.717) is 0 Å². The Morgan fingerprint density at radius 2 is 0.269 bits per heavy atom. The van der Waals surface area contributed by atoms with Crippen LogP contribution in [0.5, 0.6) is 0 Å². The summed E-state index contributed by atoms with van der Waals surface area (Å²) in [6.07, 6.45) is 13.1. The zero-order valence-corrected chi connectivity index (χ0v) is 45.6. The average Bonchev–Trinajstić information content (AvgIpc) is 3.24. The number of benzene rings is 6. The minimum atomic E-state index is 0. The molecule has 0 unspecified atom stereocenters. The maximum absolute atomic E-state index is 2.24. The van der Waals surface area contributed by atoms with Gasteiger partial charge in [-0.05, 0) is 99.3 Å². The van der Waals surface area contributed by atoms with Gasteiger partial charge in [0, 0.05) is 16.5 Å². The molecule has 67 heavy (non-hydrogen) atoms. The van der Waals surface area contributed by atoms with Gasteiger partial charge in [0.2, 0.25) is 0 Å². The first-order chi connectivity index (χ1) is 30.5. The van der Waals surface area contributed by atoms with Crippen LogP contribution in [0.25, 0.3) is 36.5 Å². The van der Waals surface area contributed by atoms with E-state index >= 15 is 0 Å². The fourth-order valence-electron chi connectivity index (χ4n) is 7.14. The predicted molar refractivity (Wildman–Crippen MR) is 298 cm³/mol. The molecule has 0 aromatic heterocycles. The Kier molecular flexibility index (Phi) is 19.7. The van der Waals surface area contributed by atoms with Crippen LogP contribution in [0.2, 0.25) is 0 Å². The Bertz CT molecular complexity index is 2000. The topological polar surface area (TPSA) is 0 Å². The van der Waals surface area contributed by atoms with Gasteiger partial charge in [0.15, 0.2) is 0 Å². The van der Waals surface area contributed by atoms with Crippen LogP contribution < -0.4 is 0 Å². The largest absolute Gasteiger partial charge is 0.0579 e. The van der Waals surface area contributed by atoms with Crippen LogP contribution in [0.3, 0.4) is 0 Å². The molecular weight excluding hydrogens is 851 g/mol. The number of hydrogen-bond acceptors (Lipinski definition) is 0. The summed E-state index contributed by atoms with van der Waals surface area (Å²) in [6, 6.07) is 53.0. The molecule has 6 rings (SSSR count). The summed E-state index contributed by atoms with van der Waals surface area (Å²) < 4.78 is 0. The summed E-state index contributed by atoms with van der Waals surface area (Å²) >= 11 is 0. The summed E-state index contributed by atoms with van der Waals surface area (Å²) in [5, 5.41) is 0. The minimum Gasteiger partial charge on any atom is -0.0579 e. The fourth-order valence-corrected chi connectivity index (χ4v) is 7.14. The van der Waals surface area contributed by atoms with Crippen LogP contribution >= 0.6 is 0 Å². The molecule has 0 aliphatic heterocycles. The molecule has 6 aromatic rings. The molecule has 0 nitrogen and oxygen atoms in total. The van der Waals surface area contributed by atoms with Gasteiger partial charge in [-0.25, -0.2) is 0 Å². The van der Waals surface area contributed by atoms with Gasteiger partial charge in [-0.2, -0.15) is 0 Å². The molecular formula is C66H84Ni. The number of hydrogen-bond donors (Lipinski definition) is 0. The van der Waals surface area contributed by atoms with E-state index in [-0.39, 0.29) is 49.0 Å². The van der Waals surface area contributed by atoms with Crippen molar-refractivity contribution in [2.75, 3.05) is 0 Å². The standard InChI is InChI=1S/3C22H28.Ni/c3*1-21(2,3)19-13-9-17(10-14-19)7-8-18-11-15-20(16-12-18)22(4,5)6;/h3*7-16H,1-6H3;/b3*8-7-;. The Labute approximate surface area is 420 Å². The molecule has 0 amide bonds. The molecule has 0 bridgehead atoms. The molecule has 0 atom stereocenters. The molecule has 0 aliphatic rings. The first-order valence-electron chi connectivity index (χ1n) is 24.2. The third-order valence-corrected chi connectivity index (χ3v) is 12.1. The van der Waals surface area contributed by atoms with Gasteiger partial charge < -0.3 is 0 Å². The van der Waals surface area contributed by atoms with Gasteiger partial charge in [-0.1, -0.05) is 307 Å². The number of rotatable bonds is 6. The molecule has 0 saturated heterocycles. The van der Waals surface area contributed by atoms with Crippen molar-refractivity contribution in [3.05, 3.63) is 212 Å². The van der Waals surface area contributed by atoms with Crippen molar-refractivity contribution in [2.24, 2.45) is 0 Å². The van der Waals surface area contributed by atoms with E-state index in [1.54, 1.807) is 0 Å². The van der Waals surface area contributed by atoms with Crippen LogP contribution in [0.1, 0.15) is 191 Å². The van der Waals surface area contributed by atoms with E-state index in [2.05, 4.69) is 307 Å². The predicted octanol–water partition coefficient (Wildman–Crippen LogP) is 19.4. The van der Waals surface area contributed by atoms with Crippen molar-refractivity contribution in [1.82, 2.24) is 0 Å². The maximum Gasteiger partial charge on any atom is 0 e. The molecule has 0 fully saturated rings. The third kappa shape index (κ3) is 18.9. The Hall–Kier alpha value is -4.97. The molecule has 1 heteroatoms. The average molecular weight is 936 g/mol. The van der Waals surface area contributed by atoms with E-state index in [1.165, 1.54) is 66.8 Å². The van der Waals surface area contributed by atoms with Crippen molar-refractivity contribution in [3.63, 3.8) is 0 Å². The van der Waals surface area contributed by atoms with Gasteiger partial charge in [-0.15, -0.1) is 0 Å². The Balaban J connectivity index is 0.000000264. The van der Waals surface area contributed by atoms with E-state index in [4.69, 9.17) is 0 Å². The summed E-state index contributed by atoms with van der Waals surface area (Å²) in [7, 11) is 0. The molecule has 0 N–H and O–H groups in total. The SMILES string of the molecule is CC(C)(C)c1ccc(/C=C\c2ccc(C(C)(C)C)cc2)cc1.CC(C)(C)c1ccc(/C=C\c2ccc(C(C)(C)C)cc2)cc1.CC(C)(C)c1ccc(/C=C\c2ccc(C(C)(C)C)cc2)cc1.[Ni]. The molecule has 0 heterocycles. The molecule has 358 valence electrons. The maximum atomic E-state index is 2.24. The second-order valence-corrected chi connectivity index (χ2v) is 24.2. The van der Waals surface area contributed by atoms with Gasteiger partial charge in [0.1, 0.15) is 0 Å². The van der Waals surface area contributed by atoms with Crippen LogP contribution in [-0.2, 0) is 49.0 Å². The monoisotopic (exact) mass is 935 g/mol. The summed E-state index contributed by atoms with van der Waals surface area (Å²) in [5.74, 6) is 0. The minimum absolute atomic E-state index is 0. The van der Waals surface area contributed by atoms with E-state index < -0.39 is 0 Å².